The van der Waals surface area contributed by atoms with Gasteiger partial charge in [-0.15, -0.1) is 0 Å². The summed E-state index contributed by atoms with van der Waals surface area (Å²) >= 11 is 0. The first-order valence-corrected chi connectivity index (χ1v) is 7.00. The number of fused-ring (bicyclic) bond motifs is 1. The van der Waals surface area contributed by atoms with Gasteiger partial charge in [0.25, 0.3) is 0 Å². The van der Waals surface area contributed by atoms with Crippen molar-refractivity contribution in [3.63, 3.8) is 0 Å². The van der Waals surface area contributed by atoms with Crippen LogP contribution < -0.4 is 0 Å². The Morgan fingerprint density at radius 3 is 2.44 bits per heavy atom. The summed E-state index contributed by atoms with van der Waals surface area (Å²) in [4.78, 5) is 0. The molecule has 0 heterocycles. The van der Waals surface area contributed by atoms with Gasteiger partial charge in [-0.3, -0.25) is 0 Å². The van der Waals surface area contributed by atoms with Crippen LogP contribution in [-0.2, 0) is 0 Å². The van der Waals surface area contributed by atoms with Crippen molar-refractivity contribution in [3.05, 3.63) is 0 Å². The highest BCUT2D eigenvalue weighted by Crippen LogP contribution is 2.72. The van der Waals surface area contributed by atoms with Gasteiger partial charge in [0.15, 0.2) is 0 Å². The van der Waals surface area contributed by atoms with Gasteiger partial charge in [0, 0.05) is 0 Å². The molecule has 0 radical (unpaired) electrons. The molecule has 3 aliphatic carbocycles. The Kier molecular flexibility index (Phi) is 1.98. The summed E-state index contributed by atoms with van der Waals surface area (Å²) in [7, 11) is 0. The predicted octanol–water partition coefficient (Wildman–Crippen LogP) is 3.61. The van der Waals surface area contributed by atoms with E-state index < -0.39 is 5.60 Å². The van der Waals surface area contributed by atoms with Crippen LogP contribution in [0.25, 0.3) is 0 Å². The average molecular weight is 222 g/mol. The van der Waals surface area contributed by atoms with Crippen molar-refractivity contribution >= 4 is 0 Å². The Morgan fingerprint density at radius 2 is 1.75 bits per heavy atom. The van der Waals surface area contributed by atoms with E-state index in [-0.39, 0.29) is 0 Å². The molecule has 1 N–H and O–H groups in total. The van der Waals surface area contributed by atoms with E-state index in [4.69, 9.17) is 0 Å². The van der Waals surface area contributed by atoms with Gasteiger partial charge in [-0.1, -0.05) is 20.8 Å². The fourth-order valence-corrected chi connectivity index (χ4v) is 5.81. The molecule has 0 aromatic heterocycles. The number of hydrogen-bond donors (Lipinski definition) is 1. The lowest BCUT2D eigenvalue weighted by atomic mass is 9.63. The highest BCUT2D eigenvalue weighted by molar-refractivity contribution is 5.15. The second kappa shape index (κ2) is 2.85. The molecule has 0 amide bonds. The van der Waals surface area contributed by atoms with Crippen molar-refractivity contribution in [1.29, 1.82) is 0 Å². The summed E-state index contributed by atoms with van der Waals surface area (Å²) in [6.45, 7) is 9.43. The van der Waals surface area contributed by atoms with Crippen molar-refractivity contribution < 1.29 is 5.11 Å². The summed E-state index contributed by atoms with van der Waals surface area (Å²) in [5, 5.41) is 10.5. The van der Waals surface area contributed by atoms with Crippen molar-refractivity contribution in [2.45, 2.75) is 65.4 Å². The van der Waals surface area contributed by atoms with Crippen molar-refractivity contribution in [1.82, 2.24) is 0 Å². The first kappa shape index (κ1) is 11.1. The van der Waals surface area contributed by atoms with Crippen LogP contribution >= 0.6 is 0 Å². The average Bonchev–Trinajstić information content (AvgIpc) is 2.48. The molecule has 0 aromatic carbocycles. The van der Waals surface area contributed by atoms with Crippen LogP contribution in [0.1, 0.15) is 59.8 Å². The van der Waals surface area contributed by atoms with E-state index in [2.05, 4.69) is 27.7 Å². The predicted molar refractivity (Wildman–Crippen MR) is 66.1 cm³/mol. The first-order valence-electron chi connectivity index (χ1n) is 7.00. The largest absolute Gasteiger partial charge is 0.390 e. The molecule has 5 unspecified atom stereocenters. The molecular formula is C15H26O. The summed E-state index contributed by atoms with van der Waals surface area (Å²) in [6, 6.07) is 0. The summed E-state index contributed by atoms with van der Waals surface area (Å²) in [6.07, 6.45) is 6.27. The SMILES string of the molecule is CC1CCC2C(C)(C)C3CC(C)(O)CC12C3. The summed E-state index contributed by atoms with van der Waals surface area (Å²) in [5.74, 6) is 2.45. The molecule has 0 saturated heterocycles. The highest BCUT2D eigenvalue weighted by Gasteiger charge is 2.66. The summed E-state index contributed by atoms with van der Waals surface area (Å²) < 4.78 is 0. The zero-order chi connectivity index (χ0) is 11.8. The van der Waals surface area contributed by atoms with E-state index in [0.29, 0.717) is 10.8 Å². The van der Waals surface area contributed by atoms with Crippen molar-refractivity contribution in [3.8, 4) is 0 Å². The van der Waals surface area contributed by atoms with Crippen LogP contribution in [0.5, 0.6) is 0 Å². The molecule has 2 bridgehead atoms. The Morgan fingerprint density at radius 1 is 1.06 bits per heavy atom. The molecule has 0 aromatic rings. The van der Waals surface area contributed by atoms with Crippen molar-refractivity contribution in [2.75, 3.05) is 0 Å². The molecule has 92 valence electrons. The third-order valence-electron chi connectivity index (χ3n) is 6.54. The van der Waals surface area contributed by atoms with Crippen LogP contribution in [0.2, 0.25) is 0 Å². The van der Waals surface area contributed by atoms with Gasteiger partial charge in [-0.05, 0) is 67.6 Å². The van der Waals surface area contributed by atoms with Crippen LogP contribution in [0.4, 0.5) is 0 Å². The van der Waals surface area contributed by atoms with Crippen LogP contribution in [0, 0.1) is 28.6 Å². The lowest BCUT2D eigenvalue weighted by Gasteiger charge is -2.44. The van der Waals surface area contributed by atoms with E-state index >= 15 is 0 Å². The van der Waals surface area contributed by atoms with Crippen LogP contribution in [-0.4, -0.2) is 10.7 Å². The smallest absolute Gasteiger partial charge is 0.0628 e. The first-order chi connectivity index (χ1) is 7.28. The van der Waals surface area contributed by atoms with Gasteiger partial charge < -0.3 is 5.11 Å². The highest BCUT2D eigenvalue weighted by atomic mass is 16.3. The van der Waals surface area contributed by atoms with Crippen LogP contribution in [0.3, 0.4) is 0 Å². The zero-order valence-electron chi connectivity index (χ0n) is 11.2. The van der Waals surface area contributed by atoms with Gasteiger partial charge in [-0.25, -0.2) is 0 Å². The topological polar surface area (TPSA) is 20.2 Å². The molecule has 16 heavy (non-hydrogen) atoms. The molecule has 3 fully saturated rings. The van der Waals surface area contributed by atoms with Gasteiger partial charge in [0.1, 0.15) is 0 Å². The molecule has 1 nitrogen and oxygen atoms in total. The molecule has 0 aliphatic heterocycles. The molecule has 3 aliphatic rings. The van der Waals surface area contributed by atoms with E-state index in [1.54, 1.807) is 0 Å². The minimum absolute atomic E-state index is 0.395. The molecule has 1 heteroatoms. The standard InChI is InChI=1S/C15H26O/c1-10-5-6-12-13(2,3)11-7-14(4,16)9-15(10,12)8-11/h10-12,16H,5-9H2,1-4H3. The second-order valence-electron chi connectivity index (χ2n) is 7.86. The molecule has 3 saturated carbocycles. The monoisotopic (exact) mass is 222 g/mol. The lowest BCUT2D eigenvalue weighted by Crippen LogP contribution is -2.41. The molecule has 3 rings (SSSR count). The van der Waals surface area contributed by atoms with Crippen molar-refractivity contribution in [2.24, 2.45) is 28.6 Å². The minimum atomic E-state index is -0.395. The number of hydrogen-bond acceptors (Lipinski definition) is 1. The molecule has 1 spiro atoms. The normalized spacial score (nSPS) is 58.7. The summed E-state index contributed by atoms with van der Waals surface area (Å²) in [5.41, 5.74) is 0.550. The molecular weight excluding hydrogens is 196 g/mol. The van der Waals surface area contributed by atoms with Gasteiger partial charge >= 0.3 is 0 Å². The van der Waals surface area contributed by atoms with Gasteiger partial charge in [0.2, 0.25) is 0 Å². The Balaban J connectivity index is 2.07. The fraction of sp³-hybridized carbons (Fsp3) is 1.00. The third kappa shape index (κ3) is 1.16. The number of rotatable bonds is 0. The second-order valence-corrected chi connectivity index (χ2v) is 7.86. The van der Waals surface area contributed by atoms with E-state index in [1.807, 2.05) is 0 Å². The zero-order valence-corrected chi connectivity index (χ0v) is 11.2. The number of aliphatic hydroxyl groups is 1. The Labute approximate surface area is 99.6 Å². The third-order valence-corrected chi connectivity index (χ3v) is 6.54. The lowest BCUT2D eigenvalue weighted by molar-refractivity contribution is -0.0532. The maximum atomic E-state index is 10.5. The van der Waals surface area contributed by atoms with E-state index in [1.165, 1.54) is 19.3 Å². The molecule has 5 atom stereocenters. The van der Waals surface area contributed by atoms with Gasteiger partial charge in [-0.2, -0.15) is 0 Å². The quantitative estimate of drug-likeness (QED) is 0.664. The van der Waals surface area contributed by atoms with Gasteiger partial charge in [0.05, 0.1) is 5.60 Å². The van der Waals surface area contributed by atoms with E-state index in [9.17, 15) is 5.11 Å². The van der Waals surface area contributed by atoms with Crippen LogP contribution in [0.15, 0.2) is 0 Å². The minimum Gasteiger partial charge on any atom is -0.390 e. The van der Waals surface area contributed by atoms with E-state index in [0.717, 1.165) is 30.6 Å². The Hall–Kier alpha value is -0.0400. The fourth-order valence-electron chi connectivity index (χ4n) is 5.81. The maximum absolute atomic E-state index is 10.5. The Bertz CT molecular complexity index is 317. The maximum Gasteiger partial charge on any atom is 0.0628 e.